The lowest BCUT2D eigenvalue weighted by molar-refractivity contribution is 0.372. The average molecular weight is 293 g/mol. The van der Waals surface area contributed by atoms with Gasteiger partial charge in [0, 0.05) is 23.8 Å². The molecule has 0 radical (unpaired) electrons. The second-order valence-electron chi connectivity index (χ2n) is 6.25. The summed E-state index contributed by atoms with van der Waals surface area (Å²) in [5.74, 6) is 0. The standard InChI is InChI=1S/C16H23NO2S/c1-12(17(5)20(18)16(2,3)4)10-13-6-7-14-8-9-19-15(14)11-13/h6-9,11-12H,10H2,1-5H3/t12-,20?/m1/s1. The van der Waals surface area contributed by atoms with E-state index in [1.165, 1.54) is 5.56 Å². The predicted molar refractivity (Wildman–Crippen MR) is 85.0 cm³/mol. The Hall–Kier alpha value is -0.970. The van der Waals surface area contributed by atoms with Crippen molar-refractivity contribution in [3.05, 3.63) is 36.1 Å². The van der Waals surface area contributed by atoms with E-state index in [1.807, 2.05) is 38.2 Å². The Morgan fingerprint density at radius 2 is 2.00 bits per heavy atom. The third-order valence-corrected chi connectivity index (χ3v) is 5.39. The smallest absolute Gasteiger partial charge is 0.137 e. The van der Waals surface area contributed by atoms with Crippen LogP contribution >= 0.6 is 0 Å². The Balaban J connectivity index is 2.08. The van der Waals surface area contributed by atoms with Crippen LogP contribution in [0.4, 0.5) is 0 Å². The van der Waals surface area contributed by atoms with Crippen molar-refractivity contribution in [3.8, 4) is 0 Å². The fourth-order valence-electron chi connectivity index (χ4n) is 2.19. The Bertz CT molecular complexity index is 573. The molecule has 1 unspecified atom stereocenters. The van der Waals surface area contributed by atoms with Crippen molar-refractivity contribution in [2.45, 2.75) is 44.9 Å². The largest absolute Gasteiger partial charge is 0.598 e. The zero-order valence-electron chi connectivity index (χ0n) is 12.8. The number of fused-ring (bicyclic) bond motifs is 1. The van der Waals surface area contributed by atoms with Gasteiger partial charge in [-0.25, -0.2) is 0 Å². The quantitative estimate of drug-likeness (QED) is 0.806. The Morgan fingerprint density at radius 3 is 2.65 bits per heavy atom. The van der Waals surface area contributed by atoms with E-state index in [0.29, 0.717) is 0 Å². The highest BCUT2D eigenvalue weighted by Gasteiger charge is 2.33. The van der Waals surface area contributed by atoms with Gasteiger partial charge in [0.1, 0.15) is 10.3 Å². The van der Waals surface area contributed by atoms with Crippen molar-refractivity contribution >= 4 is 22.3 Å². The van der Waals surface area contributed by atoms with Crippen LogP contribution in [0.5, 0.6) is 0 Å². The molecule has 110 valence electrons. The van der Waals surface area contributed by atoms with Crippen LogP contribution in [-0.4, -0.2) is 26.7 Å². The molecule has 1 aromatic carbocycles. The molecule has 0 amide bonds. The first-order chi connectivity index (χ1) is 9.29. The van der Waals surface area contributed by atoms with Crippen molar-refractivity contribution in [1.29, 1.82) is 0 Å². The lowest BCUT2D eigenvalue weighted by atomic mass is 10.1. The minimum atomic E-state index is -0.995. The molecule has 0 saturated heterocycles. The summed E-state index contributed by atoms with van der Waals surface area (Å²) in [6.07, 6.45) is 2.56. The van der Waals surface area contributed by atoms with Gasteiger partial charge >= 0.3 is 0 Å². The number of furan rings is 1. The van der Waals surface area contributed by atoms with Crippen LogP contribution in [0.15, 0.2) is 34.9 Å². The lowest BCUT2D eigenvalue weighted by Gasteiger charge is -2.33. The zero-order chi connectivity index (χ0) is 14.9. The van der Waals surface area contributed by atoms with Gasteiger partial charge < -0.3 is 8.97 Å². The maximum Gasteiger partial charge on any atom is 0.137 e. The van der Waals surface area contributed by atoms with Crippen molar-refractivity contribution < 1.29 is 8.97 Å². The van der Waals surface area contributed by atoms with Crippen LogP contribution in [0, 0.1) is 0 Å². The van der Waals surface area contributed by atoms with Crippen LogP contribution < -0.4 is 0 Å². The molecule has 0 spiro atoms. The SMILES string of the molecule is C[C@H](Cc1ccc2ccoc2c1)N(C)[S+]([O-])C(C)(C)C. The van der Waals surface area contributed by atoms with Crippen LogP contribution in [-0.2, 0) is 17.8 Å². The monoisotopic (exact) mass is 293 g/mol. The number of nitrogens with zero attached hydrogens (tertiary/aromatic N) is 1. The van der Waals surface area contributed by atoms with E-state index < -0.39 is 11.4 Å². The summed E-state index contributed by atoms with van der Waals surface area (Å²) in [4.78, 5) is 0. The number of rotatable bonds is 4. The van der Waals surface area contributed by atoms with Crippen LogP contribution in [0.3, 0.4) is 0 Å². The molecular weight excluding hydrogens is 270 g/mol. The molecule has 0 aliphatic rings. The van der Waals surface area contributed by atoms with Crippen molar-refractivity contribution in [3.63, 3.8) is 0 Å². The van der Waals surface area contributed by atoms with Crippen LogP contribution in [0.25, 0.3) is 11.0 Å². The maximum atomic E-state index is 12.4. The topological polar surface area (TPSA) is 39.4 Å². The minimum Gasteiger partial charge on any atom is -0.598 e. The van der Waals surface area contributed by atoms with E-state index in [-0.39, 0.29) is 10.8 Å². The molecule has 0 saturated carbocycles. The van der Waals surface area contributed by atoms with E-state index in [4.69, 9.17) is 4.42 Å². The highest BCUT2D eigenvalue weighted by atomic mass is 32.2. The van der Waals surface area contributed by atoms with Crippen molar-refractivity contribution in [2.75, 3.05) is 7.05 Å². The molecule has 2 atom stereocenters. The second kappa shape index (κ2) is 5.80. The van der Waals surface area contributed by atoms with E-state index in [1.54, 1.807) is 6.26 Å². The number of likely N-dealkylation sites (N-methyl/N-ethyl adjacent to an activating group) is 1. The fraction of sp³-hybridized carbons (Fsp3) is 0.500. The fourth-order valence-corrected chi connectivity index (χ4v) is 3.46. The summed E-state index contributed by atoms with van der Waals surface area (Å²) in [6, 6.07) is 8.43. The van der Waals surface area contributed by atoms with Gasteiger partial charge in [0.25, 0.3) is 0 Å². The van der Waals surface area contributed by atoms with Gasteiger partial charge in [0.2, 0.25) is 0 Å². The molecule has 2 aromatic rings. The first-order valence-corrected chi connectivity index (χ1v) is 8.00. The molecule has 1 heterocycles. The van der Waals surface area contributed by atoms with E-state index in [9.17, 15) is 4.55 Å². The number of hydrogen-bond donors (Lipinski definition) is 0. The van der Waals surface area contributed by atoms with E-state index in [0.717, 1.165) is 17.4 Å². The lowest BCUT2D eigenvalue weighted by Crippen LogP contribution is -2.45. The van der Waals surface area contributed by atoms with E-state index in [2.05, 4.69) is 25.1 Å². The first-order valence-electron chi connectivity index (χ1n) is 6.90. The van der Waals surface area contributed by atoms with Crippen LogP contribution in [0.2, 0.25) is 0 Å². The van der Waals surface area contributed by atoms with Gasteiger partial charge in [-0.05, 0) is 51.8 Å². The molecule has 0 bridgehead atoms. The van der Waals surface area contributed by atoms with Gasteiger partial charge in [-0.2, -0.15) is 0 Å². The molecule has 20 heavy (non-hydrogen) atoms. The Kier molecular flexibility index (Phi) is 4.47. The van der Waals surface area contributed by atoms with Gasteiger partial charge in [0.15, 0.2) is 0 Å². The third-order valence-electron chi connectivity index (χ3n) is 3.46. The first kappa shape index (κ1) is 15.4. The predicted octanol–water partition coefficient (Wildman–Crippen LogP) is 3.76. The van der Waals surface area contributed by atoms with Gasteiger partial charge in [-0.15, -0.1) is 4.31 Å². The maximum absolute atomic E-state index is 12.4. The van der Waals surface area contributed by atoms with E-state index >= 15 is 0 Å². The minimum absolute atomic E-state index is 0.211. The van der Waals surface area contributed by atoms with Crippen LogP contribution in [0.1, 0.15) is 33.3 Å². The number of benzene rings is 1. The summed E-state index contributed by atoms with van der Waals surface area (Å²) in [6.45, 7) is 8.11. The molecule has 0 aliphatic carbocycles. The highest BCUT2D eigenvalue weighted by molar-refractivity contribution is 7.90. The Labute approximate surface area is 124 Å². The van der Waals surface area contributed by atoms with Crippen molar-refractivity contribution in [1.82, 2.24) is 4.31 Å². The summed E-state index contributed by atoms with van der Waals surface area (Å²) in [5, 5.41) is 1.12. The molecule has 0 aliphatic heterocycles. The summed E-state index contributed by atoms with van der Waals surface area (Å²) >= 11 is -0.995. The molecular formula is C16H23NO2S. The van der Waals surface area contributed by atoms with Crippen molar-refractivity contribution in [2.24, 2.45) is 0 Å². The van der Waals surface area contributed by atoms with Gasteiger partial charge in [0.05, 0.1) is 12.3 Å². The molecule has 2 rings (SSSR count). The molecule has 0 fully saturated rings. The highest BCUT2D eigenvalue weighted by Crippen LogP contribution is 2.23. The zero-order valence-corrected chi connectivity index (χ0v) is 13.7. The molecule has 0 N–H and O–H groups in total. The second-order valence-corrected chi connectivity index (χ2v) is 8.55. The third kappa shape index (κ3) is 3.37. The molecule has 1 aromatic heterocycles. The van der Waals surface area contributed by atoms with Gasteiger partial charge in [-0.1, -0.05) is 12.1 Å². The summed E-state index contributed by atoms with van der Waals surface area (Å²) in [5.41, 5.74) is 2.12. The number of hydrogen-bond acceptors (Lipinski definition) is 3. The Morgan fingerprint density at radius 1 is 1.30 bits per heavy atom. The molecule has 4 heteroatoms. The molecule has 3 nitrogen and oxygen atoms in total. The van der Waals surface area contributed by atoms with Gasteiger partial charge in [-0.3, -0.25) is 0 Å². The normalized spacial score (nSPS) is 15.8. The summed E-state index contributed by atoms with van der Waals surface area (Å²) < 4.78 is 19.5. The summed E-state index contributed by atoms with van der Waals surface area (Å²) in [7, 11) is 1.93. The average Bonchev–Trinajstić information content (AvgIpc) is 2.83.